The molecule has 0 atom stereocenters. The van der Waals surface area contributed by atoms with E-state index >= 15 is 0 Å². The van der Waals surface area contributed by atoms with E-state index in [9.17, 15) is 0 Å². The van der Waals surface area contributed by atoms with Gasteiger partial charge in [-0.15, -0.1) is 0 Å². The molecule has 2 nitrogen and oxygen atoms in total. The number of hydrogen-bond donors (Lipinski definition) is 0. The predicted octanol–water partition coefficient (Wildman–Crippen LogP) is 13.6. The van der Waals surface area contributed by atoms with Crippen molar-refractivity contribution in [3.8, 4) is 0 Å². The number of nitrogens with zero attached hydrogens (tertiary/aromatic N) is 2. The van der Waals surface area contributed by atoms with Crippen LogP contribution in [0.5, 0.6) is 0 Å². The van der Waals surface area contributed by atoms with E-state index in [1.54, 1.807) is 0 Å². The Hall–Kier alpha value is -1.12. The molecule has 0 spiro atoms. The lowest BCUT2D eigenvalue weighted by molar-refractivity contribution is 0.200. The van der Waals surface area contributed by atoms with Gasteiger partial charge >= 0.3 is 0 Å². The minimum atomic E-state index is 0.781. The van der Waals surface area contributed by atoms with Crippen molar-refractivity contribution in [1.29, 1.82) is 0 Å². The summed E-state index contributed by atoms with van der Waals surface area (Å²) in [5, 5.41) is 0. The average molecular weight is 627 g/mol. The van der Waals surface area contributed by atoms with Crippen molar-refractivity contribution in [2.75, 3.05) is 34.2 Å². The fraction of sp³-hybridized carbons (Fsp3) is 0.814. The molecule has 0 aliphatic heterocycles. The molecule has 0 N–H and O–H groups in total. The minimum absolute atomic E-state index is 0.781. The summed E-state index contributed by atoms with van der Waals surface area (Å²) in [5.74, 6) is 0. The molecule has 0 aromatic carbocycles. The first-order valence-electron chi connectivity index (χ1n) is 20.1. The number of hydrogen-bond acceptors (Lipinski definition) is 2. The molecule has 0 bridgehead atoms. The molecule has 0 amide bonds. The highest BCUT2D eigenvalue weighted by atomic mass is 15.1. The Labute approximate surface area is 285 Å². The molecule has 0 radical (unpaired) electrons. The van der Waals surface area contributed by atoms with Gasteiger partial charge in [-0.05, 0) is 118 Å². The minimum Gasteiger partial charge on any atom is -0.309 e. The average Bonchev–Trinajstić information content (AvgIpc) is 3.03. The Kier molecular flexibility index (Phi) is 36.4. The molecule has 0 saturated heterocycles. The number of unbranched alkanes of at least 4 members (excludes halogenated alkanes) is 18. The Bertz CT molecular complexity index is 625. The Morgan fingerprint density at radius 2 is 0.733 bits per heavy atom. The molecule has 0 unspecified atom stereocenters. The van der Waals surface area contributed by atoms with Crippen LogP contribution in [0.4, 0.5) is 0 Å². The second kappa shape index (κ2) is 37.3. The van der Waals surface area contributed by atoms with Gasteiger partial charge in [0.2, 0.25) is 0 Å². The van der Waals surface area contributed by atoms with Crippen molar-refractivity contribution in [3.63, 3.8) is 0 Å². The molecule has 0 aliphatic carbocycles. The van der Waals surface area contributed by atoms with Crippen molar-refractivity contribution in [2.45, 2.75) is 193 Å². The van der Waals surface area contributed by atoms with Crippen LogP contribution in [0.15, 0.2) is 48.6 Å². The first-order chi connectivity index (χ1) is 22.1. The second-order valence-corrected chi connectivity index (χ2v) is 14.0. The van der Waals surface area contributed by atoms with Crippen LogP contribution in [0, 0.1) is 0 Å². The smallest absolute Gasteiger partial charge is 0.00922 e. The van der Waals surface area contributed by atoms with E-state index < -0.39 is 0 Å². The topological polar surface area (TPSA) is 6.48 Å². The molecule has 264 valence electrons. The highest BCUT2D eigenvalue weighted by Crippen LogP contribution is 2.19. The van der Waals surface area contributed by atoms with E-state index in [2.05, 4.69) is 93.4 Å². The third kappa shape index (κ3) is 35.6. The molecule has 0 aliphatic rings. The Balaban J connectivity index is 3.97. The van der Waals surface area contributed by atoms with Gasteiger partial charge in [0.15, 0.2) is 0 Å². The van der Waals surface area contributed by atoms with Gasteiger partial charge in [-0.1, -0.05) is 152 Å². The zero-order valence-electron chi connectivity index (χ0n) is 31.6. The van der Waals surface area contributed by atoms with Crippen LogP contribution in [-0.2, 0) is 0 Å². The molecule has 45 heavy (non-hydrogen) atoms. The third-order valence-corrected chi connectivity index (χ3v) is 9.22. The fourth-order valence-corrected chi connectivity index (χ4v) is 6.14. The van der Waals surface area contributed by atoms with Gasteiger partial charge in [0, 0.05) is 6.04 Å². The maximum absolute atomic E-state index is 2.70. The van der Waals surface area contributed by atoms with Crippen molar-refractivity contribution >= 4 is 0 Å². The van der Waals surface area contributed by atoms with Gasteiger partial charge in [0.1, 0.15) is 0 Å². The third-order valence-electron chi connectivity index (χ3n) is 9.22. The quantitative estimate of drug-likeness (QED) is 0.0510. The molecular weight excluding hydrogens is 544 g/mol. The van der Waals surface area contributed by atoms with Gasteiger partial charge in [0.05, 0.1) is 0 Å². The highest BCUT2D eigenvalue weighted by Gasteiger charge is 2.14. The van der Waals surface area contributed by atoms with Crippen LogP contribution in [0.3, 0.4) is 0 Å². The zero-order chi connectivity index (χ0) is 32.9. The van der Waals surface area contributed by atoms with E-state index in [0.29, 0.717) is 0 Å². The SMILES string of the molecule is CCCCC/C=C\C/C=C\CCCCCCCCC(CCCCCCCC/C=C\C/C=C\CCCCC)N(C)CCCN(C)C. The molecule has 0 rings (SSSR count). The lowest BCUT2D eigenvalue weighted by Gasteiger charge is -2.29. The summed E-state index contributed by atoms with van der Waals surface area (Å²) < 4.78 is 0. The maximum atomic E-state index is 2.70. The predicted molar refractivity (Wildman–Crippen MR) is 208 cm³/mol. The molecule has 0 heterocycles. The molecular formula is C43H82N2. The molecule has 2 heteroatoms. The largest absolute Gasteiger partial charge is 0.309 e. The van der Waals surface area contributed by atoms with Crippen LogP contribution >= 0.6 is 0 Å². The summed E-state index contributed by atoms with van der Waals surface area (Å²) in [7, 11) is 6.79. The lowest BCUT2D eigenvalue weighted by Crippen LogP contribution is -2.34. The van der Waals surface area contributed by atoms with Crippen LogP contribution < -0.4 is 0 Å². The standard InChI is InChI=1S/C43H82N2/c1-6-8-10-12-14-16-18-20-22-24-26-28-30-32-34-36-39-43(45(5)42-38-41-44(3)4)40-37-35-33-31-29-27-25-23-21-19-17-15-13-11-9-7-2/h14-17,20-23,43H,6-13,18-19,24-42H2,1-5H3/b16-14-,17-15-,22-20-,23-21-. The summed E-state index contributed by atoms with van der Waals surface area (Å²) in [5.41, 5.74) is 0. The van der Waals surface area contributed by atoms with E-state index in [4.69, 9.17) is 0 Å². The van der Waals surface area contributed by atoms with E-state index in [1.165, 1.54) is 174 Å². The van der Waals surface area contributed by atoms with Gasteiger partial charge < -0.3 is 9.80 Å². The summed E-state index contributed by atoms with van der Waals surface area (Å²) in [4.78, 5) is 5.02. The van der Waals surface area contributed by atoms with Crippen molar-refractivity contribution < 1.29 is 0 Å². The normalized spacial score (nSPS) is 12.7. The first kappa shape index (κ1) is 43.9. The summed E-state index contributed by atoms with van der Waals surface area (Å²) in [6, 6.07) is 0.781. The van der Waals surface area contributed by atoms with Crippen molar-refractivity contribution in [1.82, 2.24) is 9.80 Å². The Morgan fingerprint density at radius 3 is 1.11 bits per heavy atom. The van der Waals surface area contributed by atoms with E-state index in [-0.39, 0.29) is 0 Å². The maximum Gasteiger partial charge on any atom is 0.00922 e. The van der Waals surface area contributed by atoms with Gasteiger partial charge in [-0.3, -0.25) is 0 Å². The first-order valence-corrected chi connectivity index (χ1v) is 20.1. The molecule has 0 saturated carbocycles. The van der Waals surface area contributed by atoms with Crippen molar-refractivity contribution in [2.24, 2.45) is 0 Å². The number of allylic oxidation sites excluding steroid dienone is 8. The van der Waals surface area contributed by atoms with Gasteiger partial charge in [-0.25, -0.2) is 0 Å². The lowest BCUT2D eigenvalue weighted by atomic mass is 9.98. The van der Waals surface area contributed by atoms with Gasteiger partial charge in [0.25, 0.3) is 0 Å². The van der Waals surface area contributed by atoms with Crippen LogP contribution in [-0.4, -0.2) is 50.1 Å². The van der Waals surface area contributed by atoms with E-state index in [0.717, 1.165) is 18.9 Å². The van der Waals surface area contributed by atoms with E-state index in [1.807, 2.05) is 0 Å². The molecule has 0 aromatic heterocycles. The van der Waals surface area contributed by atoms with Crippen molar-refractivity contribution in [3.05, 3.63) is 48.6 Å². The number of rotatable bonds is 35. The second-order valence-electron chi connectivity index (χ2n) is 14.0. The summed E-state index contributed by atoms with van der Waals surface area (Å²) in [6.07, 6.45) is 55.2. The summed E-state index contributed by atoms with van der Waals surface area (Å²) >= 11 is 0. The Morgan fingerprint density at radius 1 is 0.378 bits per heavy atom. The van der Waals surface area contributed by atoms with Crippen LogP contribution in [0.25, 0.3) is 0 Å². The van der Waals surface area contributed by atoms with Crippen LogP contribution in [0.2, 0.25) is 0 Å². The fourth-order valence-electron chi connectivity index (χ4n) is 6.14. The highest BCUT2D eigenvalue weighted by molar-refractivity contribution is 4.93. The molecule has 0 fully saturated rings. The zero-order valence-corrected chi connectivity index (χ0v) is 31.6. The monoisotopic (exact) mass is 627 g/mol. The summed E-state index contributed by atoms with van der Waals surface area (Å²) in [6.45, 7) is 6.99. The molecule has 0 aromatic rings. The van der Waals surface area contributed by atoms with Gasteiger partial charge in [-0.2, -0.15) is 0 Å². The van der Waals surface area contributed by atoms with Crippen LogP contribution in [0.1, 0.15) is 187 Å².